The van der Waals surface area contributed by atoms with Crippen molar-refractivity contribution in [3.8, 4) is 11.1 Å². The summed E-state index contributed by atoms with van der Waals surface area (Å²) in [6, 6.07) is 27.0. The fraction of sp³-hybridized carbons (Fsp3) is 0.487. The first-order valence-electron chi connectivity index (χ1n) is 17.3. The van der Waals surface area contributed by atoms with E-state index in [4.69, 9.17) is 18.9 Å². The summed E-state index contributed by atoms with van der Waals surface area (Å²) in [5.74, 6) is 1.21. The van der Waals surface area contributed by atoms with E-state index in [1.165, 1.54) is 11.1 Å². The predicted molar refractivity (Wildman–Crippen MR) is 185 cm³/mol. The van der Waals surface area contributed by atoms with Crippen molar-refractivity contribution >= 4 is 17.7 Å². The van der Waals surface area contributed by atoms with Gasteiger partial charge in [0.05, 0.1) is 31.9 Å². The largest absolute Gasteiger partial charge is 0.446 e. The Kier molecular flexibility index (Phi) is 11.8. The number of benzene rings is 3. The maximum absolute atomic E-state index is 12.9. The highest BCUT2D eigenvalue weighted by Gasteiger charge is 2.42. The third-order valence-electron chi connectivity index (χ3n) is 9.91. The molecule has 3 aromatic carbocycles. The van der Waals surface area contributed by atoms with Crippen LogP contribution in [0.3, 0.4) is 0 Å². The van der Waals surface area contributed by atoms with Gasteiger partial charge in [0.25, 0.3) is 0 Å². The van der Waals surface area contributed by atoms with Crippen LogP contribution in [0.2, 0.25) is 0 Å². The first-order valence-corrected chi connectivity index (χ1v) is 17.3. The van der Waals surface area contributed by atoms with Crippen molar-refractivity contribution in [2.24, 2.45) is 11.8 Å². The fourth-order valence-electron chi connectivity index (χ4n) is 7.23. The zero-order valence-corrected chi connectivity index (χ0v) is 28.2. The second-order valence-corrected chi connectivity index (χ2v) is 13.4. The molecule has 2 amide bonds. The Bertz CT molecular complexity index is 1460. The van der Waals surface area contributed by atoms with Crippen LogP contribution in [0.25, 0.3) is 11.1 Å². The normalized spacial score (nSPS) is 20.5. The van der Waals surface area contributed by atoms with Crippen molar-refractivity contribution in [3.63, 3.8) is 0 Å². The number of nitrogens with zero attached hydrogens (tertiary/aromatic N) is 2. The second kappa shape index (κ2) is 16.6. The quantitative estimate of drug-likeness (QED) is 0.142. The van der Waals surface area contributed by atoms with Crippen LogP contribution in [0.4, 0.5) is 10.5 Å². The summed E-state index contributed by atoms with van der Waals surface area (Å²) in [4.78, 5) is 30.0. The first kappa shape index (κ1) is 34.1. The summed E-state index contributed by atoms with van der Waals surface area (Å²) < 4.78 is 22.3. The third-order valence-corrected chi connectivity index (χ3v) is 9.91. The minimum Gasteiger partial charge on any atom is -0.446 e. The average Bonchev–Trinajstić information content (AvgIpc) is 3.78. The third kappa shape index (κ3) is 9.23. The lowest BCUT2D eigenvalue weighted by Gasteiger charge is -2.26. The summed E-state index contributed by atoms with van der Waals surface area (Å²) in [7, 11) is 3.19. The van der Waals surface area contributed by atoms with Crippen LogP contribution in [-0.2, 0) is 36.7 Å². The number of methoxy groups -OCH3 is 2. The molecule has 3 fully saturated rings. The van der Waals surface area contributed by atoms with Crippen molar-refractivity contribution in [2.75, 3.05) is 52.4 Å². The van der Waals surface area contributed by atoms with Crippen molar-refractivity contribution in [1.29, 1.82) is 0 Å². The molecule has 1 N–H and O–H groups in total. The molecule has 6 rings (SSSR count). The van der Waals surface area contributed by atoms with Crippen molar-refractivity contribution in [2.45, 2.75) is 63.5 Å². The molecule has 9 heteroatoms. The van der Waals surface area contributed by atoms with Gasteiger partial charge in [0.1, 0.15) is 6.10 Å². The molecule has 1 aliphatic heterocycles. The van der Waals surface area contributed by atoms with Crippen LogP contribution in [0, 0.1) is 11.8 Å². The number of carbonyl (C=O) groups excluding carboxylic acids is 2. The number of likely N-dealkylation sites (tertiary alicyclic amines) is 1. The minimum atomic E-state index is -0.398. The van der Waals surface area contributed by atoms with Crippen LogP contribution < -0.4 is 5.32 Å². The van der Waals surface area contributed by atoms with Gasteiger partial charge in [-0.1, -0.05) is 72.8 Å². The van der Waals surface area contributed by atoms with E-state index in [2.05, 4.69) is 34.5 Å². The van der Waals surface area contributed by atoms with Crippen LogP contribution in [-0.4, -0.2) is 87.3 Å². The molecule has 0 aromatic heterocycles. The highest BCUT2D eigenvalue weighted by molar-refractivity contribution is 5.91. The number of nitrogens with one attached hydrogen (secondary N) is 1. The molecule has 3 atom stereocenters. The molecule has 256 valence electrons. The van der Waals surface area contributed by atoms with Crippen LogP contribution in [0.1, 0.15) is 43.2 Å². The predicted octanol–water partition coefficient (Wildman–Crippen LogP) is 6.37. The smallest absolute Gasteiger partial charge is 0.411 e. The summed E-state index contributed by atoms with van der Waals surface area (Å²) >= 11 is 0. The zero-order valence-electron chi connectivity index (χ0n) is 28.2. The van der Waals surface area contributed by atoms with E-state index in [0.29, 0.717) is 44.1 Å². The summed E-state index contributed by atoms with van der Waals surface area (Å²) in [6.45, 7) is 4.46. The standard InChI is InChI=1S/C39H49N3O6/c1-45-38(46-2)27-42(33-16-17-33)37(43)19-21-47-20-18-28-12-14-29(15-13-28)24-41-25-31-22-34(23-32(31)26-41)48-39(44)40-36-11-7-6-10-35(36)30-8-4-3-5-9-30/h3-15,31-34,38H,16-27H2,1-2H3,(H,40,44)/t31-,32+,34+. The van der Waals surface area contributed by atoms with Gasteiger partial charge in [-0.2, -0.15) is 0 Å². The fourth-order valence-corrected chi connectivity index (χ4v) is 7.23. The molecule has 2 aliphatic carbocycles. The van der Waals surface area contributed by atoms with Crippen LogP contribution >= 0.6 is 0 Å². The number of hydrogen-bond donors (Lipinski definition) is 1. The van der Waals surface area contributed by atoms with Gasteiger partial charge in [-0.25, -0.2) is 4.79 Å². The van der Waals surface area contributed by atoms with E-state index in [1.807, 2.05) is 59.5 Å². The number of fused-ring (bicyclic) bond motifs is 1. The zero-order chi connectivity index (χ0) is 33.3. The monoisotopic (exact) mass is 655 g/mol. The topological polar surface area (TPSA) is 89.6 Å². The Morgan fingerprint density at radius 2 is 1.52 bits per heavy atom. The number of hydrogen-bond acceptors (Lipinski definition) is 7. The van der Waals surface area contributed by atoms with Crippen molar-refractivity contribution in [1.82, 2.24) is 9.80 Å². The molecule has 1 saturated heterocycles. The molecular formula is C39H49N3O6. The molecule has 0 unspecified atom stereocenters. The number of para-hydroxylation sites is 1. The maximum Gasteiger partial charge on any atom is 0.411 e. The SMILES string of the molecule is COC(CN(C(=O)CCOCCc1ccc(CN2C[C@H]3C[C@H](OC(=O)Nc4ccccc4-c4ccccc4)C[C@H]3C2)cc1)C1CC1)OC. The number of amides is 2. The lowest BCUT2D eigenvalue weighted by molar-refractivity contribution is -0.147. The molecule has 3 aromatic rings. The highest BCUT2D eigenvalue weighted by atomic mass is 16.7. The van der Waals surface area contributed by atoms with E-state index >= 15 is 0 Å². The Balaban J connectivity index is 0.873. The summed E-state index contributed by atoms with van der Waals surface area (Å²) in [5.41, 5.74) is 5.34. The van der Waals surface area contributed by atoms with E-state index in [9.17, 15) is 9.59 Å². The molecule has 3 aliphatic rings. The van der Waals surface area contributed by atoms with Gasteiger partial charge < -0.3 is 23.8 Å². The minimum absolute atomic E-state index is 0.0403. The first-order chi connectivity index (χ1) is 23.5. The Hall–Kier alpha value is -3.76. The lowest BCUT2D eigenvalue weighted by atomic mass is 10.0. The molecule has 0 spiro atoms. The Morgan fingerprint density at radius 3 is 2.21 bits per heavy atom. The van der Waals surface area contributed by atoms with E-state index < -0.39 is 6.29 Å². The molecule has 1 heterocycles. The number of carbonyl (C=O) groups is 2. The van der Waals surface area contributed by atoms with Gasteiger partial charge >= 0.3 is 6.09 Å². The number of ether oxygens (including phenoxy) is 4. The van der Waals surface area contributed by atoms with Gasteiger partial charge in [0, 0.05) is 45.5 Å². The summed E-state index contributed by atoms with van der Waals surface area (Å²) in [5, 5.41) is 2.99. The summed E-state index contributed by atoms with van der Waals surface area (Å²) in [6.07, 6.45) is 4.29. The molecule has 9 nitrogen and oxygen atoms in total. The maximum atomic E-state index is 12.9. The van der Waals surface area contributed by atoms with Gasteiger partial charge in [0.2, 0.25) is 5.91 Å². The van der Waals surface area contributed by atoms with Gasteiger partial charge in [0.15, 0.2) is 6.29 Å². The molecule has 0 radical (unpaired) electrons. The van der Waals surface area contributed by atoms with Crippen molar-refractivity contribution < 1.29 is 28.5 Å². The average molecular weight is 656 g/mol. The number of anilines is 1. The molecule has 2 saturated carbocycles. The lowest BCUT2D eigenvalue weighted by Crippen LogP contribution is -2.40. The van der Waals surface area contributed by atoms with Gasteiger partial charge in [-0.05, 0) is 66.7 Å². The van der Waals surface area contributed by atoms with Crippen molar-refractivity contribution in [3.05, 3.63) is 90.0 Å². The van der Waals surface area contributed by atoms with Crippen LogP contribution in [0.5, 0.6) is 0 Å². The molecule has 0 bridgehead atoms. The van der Waals surface area contributed by atoms with E-state index in [-0.39, 0.29) is 18.1 Å². The Morgan fingerprint density at radius 1 is 0.854 bits per heavy atom. The van der Waals surface area contributed by atoms with Crippen LogP contribution in [0.15, 0.2) is 78.9 Å². The van der Waals surface area contributed by atoms with E-state index in [0.717, 1.165) is 68.6 Å². The molecular weight excluding hydrogens is 606 g/mol. The molecule has 48 heavy (non-hydrogen) atoms. The second-order valence-electron chi connectivity index (χ2n) is 13.4. The Labute approximate surface area is 284 Å². The number of rotatable bonds is 16. The van der Waals surface area contributed by atoms with E-state index in [1.54, 1.807) is 14.2 Å². The van der Waals surface area contributed by atoms with Gasteiger partial charge in [-0.15, -0.1) is 0 Å². The highest BCUT2D eigenvalue weighted by Crippen LogP contribution is 2.40. The van der Waals surface area contributed by atoms with Gasteiger partial charge in [-0.3, -0.25) is 15.0 Å².